The lowest BCUT2D eigenvalue weighted by atomic mass is 10.0. The first kappa shape index (κ1) is 24.8. The number of sulfonamides is 1. The first-order valence-electron chi connectivity index (χ1n) is 8.40. The van der Waals surface area contributed by atoms with E-state index in [0.717, 1.165) is 10.4 Å². The van der Waals surface area contributed by atoms with Gasteiger partial charge in [-0.2, -0.15) is 4.31 Å². The van der Waals surface area contributed by atoms with Gasteiger partial charge in [0.1, 0.15) is 6.04 Å². The highest BCUT2D eigenvalue weighted by Gasteiger charge is 2.38. The third-order valence-electron chi connectivity index (χ3n) is 4.11. The molecule has 2 N–H and O–H groups in total. The van der Waals surface area contributed by atoms with E-state index in [1.807, 2.05) is 0 Å². The highest BCUT2D eigenvalue weighted by atomic mass is 35.5. The van der Waals surface area contributed by atoms with Crippen LogP contribution in [0.15, 0.2) is 47.6 Å². The number of ether oxygens (including phenoxy) is 1. The fourth-order valence-corrected chi connectivity index (χ4v) is 4.50. The summed E-state index contributed by atoms with van der Waals surface area (Å²) in [5, 5.41) is 9.11. The van der Waals surface area contributed by atoms with Crippen molar-refractivity contribution in [3.05, 3.63) is 54.1 Å². The predicted octanol–water partition coefficient (Wildman–Crippen LogP) is 2.37. The van der Waals surface area contributed by atoms with Gasteiger partial charge in [-0.3, -0.25) is 15.0 Å². The van der Waals surface area contributed by atoms with E-state index in [1.54, 1.807) is 26.0 Å². The highest BCUT2D eigenvalue weighted by Crippen LogP contribution is 2.27. The molecule has 0 saturated heterocycles. The molecule has 2 aromatic rings. The smallest absolute Gasteiger partial charge is 0.262 e. The van der Waals surface area contributed by atoms with Crippen molar-refractivity contribution in [2.75, 3.05) is 7.11 Å². The van der Waals surface area contributed by atoms with Crippen LogP contribution in [0.3, 0.4) is 0 Å². The molecule has 1 atom stereocenters. The van der Waals surface area contributed by atoms with E-state index in [0.29, 0.717) is 5.56 Å². The molecule has 11 heteroatoms. The van der Waals surface area contributed by atoms with Gasteiger partial charge in [-0.25, -0.2) is 18.3 Å². The van der Waals surface area contributed by atoms with Crippen LogP contribution < -0.4 is 10.2 Å². The quantitative estimate of drug-likeness (QED) is 0.475. The van der Waals surface area contributed by atoms with Crippen molar-refractivity contribution < 1.29 is 27.5 Å². The minimum Gasteiger partial charge on any atom is -0.494 e. The number of methoxy groups -OCH3 is 1. The minimum absolute atomic E-state index is 0. The second-order valence-corrected chi connectivity index (χ2v) is 8.26. The summed E-state index contributed by atoms with van der Waals surface area (Å²) < 4.78 is 46.4. The molecule has 0 aliphatic rings. The van der Waals surface area contributed by atoms with Gasteiger partial charge in [-0.15, -0.1) is 12.4 Å². The average Bonchev–Trinajstić information content (AvgIpc) is 2.67. The van der Waals surface area contributed by atoms with E-state index >= 15 is 0 Å². The SMILES string of the molecule is COc1ccc(S(=O)(=O)N(Cc2cccnc2)C(C(=O)NO)C(C)C)cc1F.Cl. The minimum atomic E-state index is -4.31. The molecular formula is C18H23ClFN3O5S. The van der Waals surface area contributed by atoms with Crippen LogP contribution in [0, 0.1) is 11.7 Å². The number of pyridine rings is 1. The molecule has 0 spiro atoms. The lowest BCUT2D eigenvalue weighted by Gasteiger charge is -2.32. The Labute approximate surface area is 175 Å². The van der Waals surface area contributed by atoms with Gasteiger partial charge in [0.2, 0.25) is 10.0 Å². The van der Waals surface area contributed by atoms with Gasteiger partial charge in [0.15, 0.2) is 11.6 Å². The molecule has 0 aliphatic heterocycles. The summed E-state index contributed by atoms with van der Waals surface area (Å²) in [4.78, 5) is 15.9. The normalized spacial score (nSPS) is 12.4. The Morgan fingerprint density at radius 1 is 1.34 bits per heavy atom. The van der Waals surface area contributed by atoms with Crippen molar-refractivity contribution in [2.24, 2.45) is 5.92 Å². The van der Waals surface area contributed by atoms with Gasteiger partial charge in [0.25, 0.3) is 5.91 Å². The molecule has 29 heavy (non-hydrogen) atoms. The molecule has 1 heterocycles. The van der Waals surface area contributed by atoms with E-state index in [1.165, 1.54) is 37.1 Å². The van der Waals surface area contributed by atoms with E-state index in [4.69, 9.17) is 9.94 Å². The maximum Gasteiger partial charge on any atom is 0.262 e. The number of hydrogen-bond acceptors (Lipinski definition) is 6. The summed E-state index contributed by atoms with van der Waals surface area (Å²) in [7, 11) is -3.04. The van der Waals surface area contributed by atoms with Crippen molar-refractivity contribution in [3.63, 3.8) is 0 Å². The van der Waals surface area contributed by atoms with Gasteiger partial charge in [-0.05, 0) is 35.7 Å². The summed E-state index contributed by atoms with van der Waals surface area (Å²) in [6, 6.07) is 5.27. The lowest BCUT2D eigenvalue weighted by Crippen LogP contribution is -2.51. The summed E-state index contributed by atoms with van der Waals surface area (Å²) in [5.74, 6) is -2.33. The van der Waals surface area contributed by atoms with Crippen LogP contribution in [-0.4, -0.2) is 42.0 Å². The Morgan fingerprint density at radius 2 is 2.03 bits per heavy atom. The molecule has 1 aromatic heterocycles. The molecule has 0 fully saturated rings. The van der Waals surface area contributed by atoms with E-state index in [2.05, 4.69) is 4.98 Å². The fourth-order valence-electron chi connectivity index (χ4n) is 2.78. The number of amides is 1. The first-order chi connectivity index (χ1) is 13.2. The maximum absolute atomic E-state index is 14.1. The Kier molecular flexibility index (Phi) is 8.96. The van der Waals surface area contributed by atoms with E-state index in [9.17, 15) is 17.6 Å². The Morgan fingerprint density at radius 3 is 2.52 bits per heavy atom. The zero-order valence-electron chi connectivity index (χ0n) is 16.1. The van der Waals surface area contributed by atoms with Crippen LogP contribution >= 0.6 is 12.4 Å². The number of carbonyl (C=O) groups is 1. The number of hydroxylamine groups is 1. The lowest BCUT2D eigenvalue weighted by molar-refractivity contribution is -0.134. The number of nitrogens with one attached hydrogen (secondary N) is 1. The molecule has 0 radical (unpaired) electrons. The van der Waals surface area contributed by atoms with Crippen LogP contribution in [0.2, 0.25) is 0 Å². The third-order valence-corrected chi connectivity index (χ3v) is 5.93. The molecule has 160 valence electrons. The van der Waals surface area contributed by atoms with Gasteiger partial charge >= 0.3 is 0 Å². The zero-order valence-corrected chi connectivity index (χ0v) is 17.7. The van der Waals surface area contributed by atoms with Crippen molar-refractivity contribution in [1.82, 2.24) is 14.8 Å². The maximum atomic E-state index is 14.1. The van der Waals surface area contributed by atoms with E-state index < -0.39 is 33.7 Å². The van der Waals surface area contributed by atoms with Crippen molar-refractivity contribution in [2.45, 2.75) is 31.3 Å². The summed E-state index contributed by atoms with van der Waals surface area (Å²) >= 11 is 0. The topological polar surface area (TPSA) is 109 Å². The standard InChI is InChI=1S/C18H22FN3O5S.ClH/c1-12(2)17(18(23)21-24)22(11-13-5-4-8-20-10-13)28(25,26)14-6-7-16(27-3)15(19)9-14;/h4-10,12,17,24H,11H2,1-3H3,(H,21,23);1H. The Balaban J connectivity index is 0.00000420. The predicted molar refractivity (Wildman–Crippen MR) is 106 cm³/mol. The van der Waals surface area contributed by atoms with Crippen LogP contribution in [0.25, 0.3) is 0 Å². The third kappa shape index (κ3) is 5.63. The number of rotatable bonds is 8. The van der Waals surface area contributed by atoms with Crippen LogP contribution in [0.1, 0.15) is 19.4 Å². The molecule has 0 saturated carbocycles. The molecule has 2 rings (SSSR count). The number of halogens is 2. The van der Waals surface area contributed by atoms with Crippen LogP contribution in [-0.2, 0) is 21.4 Å². The average molecular weight is 448 g/mol. The number of carbonyl (C=O) groups excluding carboxylic acids is 1. The molecule has 1 amide bonds. The molecule has 1 aromatic carbocycles. The number of hydrogen-bond donors (Lipinski definition) is 2. The van der Waals surface area contributed by atoms with Crippen molar-refractivity contribution in [3.8, 4) is 5.75 Å². The molecule has 0 bridgehead atoms. The molecule has 0 aliphatic carbocycles. The second kappa shape index (κ2) is 10.5. The number of nitrogens with zero attached hydrogens (tertiary/aromatic N) is 2. The Hall–Kier alpha value is -2.27. The second-order valence-electron chi connectivity index (χ2n) is 6.37. The van der Waals surface area contributed by atoms with Crippen LogP contribution in [0.4, 0.5) is 4.39 Å². The zero-order chi connectivity index (χ0) is 20.9. The Bertz CT molecular complexity index is 928. The van der Waals surface area contributed by atoms with Gasteiger partial charge in [0.05, 0.1) is 12.0 Å². The largest absolute Gasteiger partial charge is 0.494 e. The highest BCUT2D eigenvalue weighted by molar-refractivity contribution is 7.89. The first-order valence-corrected chi connectivity index (χ1v) is 9.84. The van der Waals surface area contributed by atoms with Gasteiger partial charge in [-0.1, -0.05) is 19.9 Å². The monoisotopic (exact) mass is 447 g/mol. The summed E-state index contributed by atoms with van der Waals surface area (Å²) in [6.07, 6.45) is 2.99. The molecule has 8 nitrogen and oxygen atoms in total. The van der Waals surface area contributed by atoms with E-state index in [-0.39, 0.29) is 29.6 Å². The molecular weight excluding hydrogens is 425 g/mol. The number of aromatic nitrogens is 1. The number of benzene rings is 1. The van der Waals surface area contributed by atoms with Crippen LogP contribution in [0.5, 0.6) is 5.75 Å². The molecule has 1 unspecified atom stereocenters. The van der Waals surface area contributed by atoms with Crippen molar-refractivity contribution in [1.29, 1.82) is 0 Å². The van der Waals surface area contributed by atoms with Gasteiger partial charge in [0, 0.05) is 18.9 Å². The van der Waals surface area contributed by atoms with Crippen molar-refractivity contribution >= 4 is 28.3 Å². The van der Waals surface area contributed by atoms with Gasteiger partial charge < -0.3 is 4.74 Å². The summed E-state index contributed by atoms with van der Waals surface area (Å²) in [5.41, 5.74) is 2.04. The summed E-state index contributed by atoms with van der Waals surface area (Å²) in [6.45, 7) is 3.08. The fraction of sp³-hybridized carbons (Fsp3) is 0.333.